The van der Waals surface area contributed by atoms with Crippen molar-refractivity contribution in [2.24, 2.45) is 0 Å². The Balaban J connectivity index is 1.78. The van der Waals surface area contributed by atoms with Crippen molar-refractivity contribution in [2.75, 3.05) is 13.2 Å². The maximum Gasteiger partial charge on any atom is 0.262 e. The van der Waals surface area contributed by atoms with E-state index in [9.17, 15) is 14.7 Å². The van der Waals surface area contributed by atoms with Crippen LogP contribution in [-0.4, -0.2) is 44.9 Å². The molecule has 2 aromatic heterocycles. The van der Waals surface area contributed by atoms with Crippen molar-refractivity contribution in [3.05, 3.63) is 72.1 Å². The van der Waals surface area contributed by atoms with Gasteiger partial charge in [-0.2, -0.15) is 0 Å². The number of amides is 2. The summed E-state index contributed by atoms with van der Waals surface area (Å²) in [4.78, 5) is 34.3. The highest BCUT2D eigenvalue weighted by Gasteiger charge is 2.40. The lowest BCUT2D eigenvalue weighted by Crippen LogP contribution is -2.32. The van der Waals surface area contributed by atoms with Crippen molar-refractivity contribution in [3.63, 3.8) is 0 Å². The molecule has 0 atom stereocenters. The predicted octanol–water partition coefficient (Wildman–Crippen LogP) is 3.31. The Kier molecular flexibility index (Phi) is 4.07. The van der Waals surface area contributed by atoms with E-state index in [2.05, 4.69) is 9.97 Å². The maximum absolute atomic E-state index is 13.3. The number of aliphatic hydroxyl groups excluding tert-OH is 1. The van der Waals surface area contributed by atoms with E-state index in [4.69, 9.17) is 0 Å². The molecule has 4 aromatic rings. The largest absolute Gasteiger partial charge is 0.396 e. The zero-order valence-electron chi connectivity index (χ0n) is 15.6. The first-order valence-corrected chi connectivity index (χ1v) is 9.55. The highest BCUT2D eigenvalue weighted by molar-refractivity contribution is 6.50. The van der Waals surface area contributed by atoms with E-state index in [1.807, 2.05) is 48.5 Å². The lowest BCUT2D eigenvalue weighted by atomic mass is 9.95. The summed E-state index contributed by atoms with van der Waals surface area (Å²) < 4.78 is 0. The number of aliphatic hydroxyl groups is 1. The maximum atomic E-state index is 13.3. The first-order chi connectivity index (χ1) is 14.2. The number of nitrogens with one attached hydrogen (secondary N) is 2. The van der Waals surface area contributed by atoms with Crippen molar-refractivity contribution < 1.29 is 14.7 Å². The van der Waals surface area contributed by atoms with Gasteiger partial charge in [-0.3, -0.25) is 14.5 Å². The minimum atomic E-state index is -0.325. The molecule has 2 aromatic carbocycles. The van der Waals surface area contributed by atoms with Gasteiger partial charge in [-0.25, -0.2) is 0 Å². The average Bonchev–Trinajstić information content (AvgIpc) is 3.41. The molecule has 0 unspecified atom stereocenters. The molecule has 5 rings (SSSR count). The Morgan fingerprint density at radius 1 is 0.759 bits per heavy atom. The zero-order valence-corrected chi connectivity index (χ0v) is 15.6. The minimum Gasteiger partial charge on any atom is -0.396 e. The van der Waals surface area contributed by atoms with Crippen LogP contribution < -0.4 is 0 Å². The van der Waals surface area contributed by atoms with Crippen molar-refractivity contribution in [2.45, 2.75) is 6.42 Å². The van der Waals surface area contributed by atoms with Crippen LogP contribution in [0.1, 0.15) is 17.5 Å². The molecule has 0 saturated carbocycles. The summed E-state index contributed by atoms with van der Waals surface area (Å²) in [6.45, 7) is 0.105. The van der Waals surface area contributed by atoms with Crippen LogP contribution in [0.2, 0.25) is 0 Å². The van der Waals surface area contributed by atoms with E-state index < -0.39 is 0 Å². The van der Waals surface area contributed by atoms with E-state index in [-0.39, 0.29) is 25.0 Å². The molecule has 3 heterocycles. The third-order valence-electron chi connectivity index (χ3n) is 5.43. The Labute approximate surface area is 166 Å². The summed E-state index contributed by atoms with van der Waals surface area (Å²) in [6, 6.07) is 15.4. The van der Waals surface area contributed by atoms with E-state index in [0.29, 0.717) is 28.7 Å². The molecule has 0 bridgehead atoms. The molecule has 1 aliphatic rings. The molecule has 2 amide bonds. The zero-order chi connectivity index (χ0) is 20.0. The number of benzene rings is 2. The van der Waals surface area contributed by atoms with Gasteiger partial charge in [0.25, 0.3) is 11.8 Å². The van der Waals surface area contributed by atoms with Crippen LogP contribution in [0.3, 0.4) is 0 Å². The van der Waals surface area contributed by atoms with Crippen LogP contribution in [0.25, 0.3) is 33.0 Å². The molecule has 0 radical (unpaired) electrons. The summed E-state index contributed by atoms with van der Waals surface area (Å²) in [5.41, 5.74) is 4.03. The number of hydrogen-bond acceptors (Lipinski definition) is 3. The summed E-state index contributed by atoms with van der Waals surface area (Å²) in [6.07, 6.45) is 3.92. The number of imide groups is 1. The number of para-hydroxylation sites is 2. The normalized spacial score (nSPS) is 14.7. The molecule has 1 aliphatic heterocycles. The third kappa shape index (κ3) is 2.61. The van der Waals surface area contributed by atoms with Crippen LogP contribution in [0.5, 0.6) is 0 Å². The number of H-pyrrole nitrogens is 2. The number of carbonyl (C=O) groups excluding carboxylic acids is 2. The standard InChI is InChI=1S/C23H19N3O3/c27-11-5-10-26-22(28)20(16-12-24-18-8-3-1-6-14(16)18)21(23(26)29)17-13-25-19-9-4-2-7-15(17)19/h1-4,6-9,12-13,24-25,27H,5,10-11H2. The average molecular weight is 385 g/mol. The van der Waals surface area contributed by atoms with Gasteiger partial charge in [0, 0.05) is 58.5 Å². The van der Waals surface area contributed by atoms with Crippen molar-refractivity contribution in [3.8, 4) is 0 Å². The van der Waals surface area contributed by atoms with Crippen LogP contribution >= 0.6 is 0 Å². The van der Waals surface area contributed by atoms with Crippen LogP contribution in [0.15, 0.2) is 60.9 Å². The summed E-state index contributed by atoms with van der Waals surface area (Å²) in [7, 11) is 0. The Hall–Kier alpha value is -3.64. The van der Waals surface area contributed by atoms with E-state index in [1.54, 1.807) is 12.4 Å². The quantitative estimate of drug-likeness (QED) is 0.461. The monoisotopic (exact) mass is 385 g/mol. The molecule has 0 fully saturated rings. The number of carbonyl (C=O) groups is 2. The number of rotatable bonds is 5. The summed E-state index contributed by atoms with van der Waals surface area (Å²) in [5.74, 6) is -0.651. The number of hydrogen-bond donors (Lipinski definition) is 3. The molecule has 6 nitrogen and oxygen atoms in total. The second kappa shape index (κ2) is 6.76. The summed E-state index contributed by atoms with van der Waals surface area (Å²) in [5, 5.41) is 11.0. The minimum absolute atomic E-state index is 0.0815. The van der Waals surface area contributed by atoms with Gasteiger partial charge in [0.05, 0.1) is 11.1 Å². The molecule has 0 spiro atoms. The van der Waals surface area contributed by atoms with Crippen molar-refractivity contribution >= 4 is 44.8 Å². The number of fused-ring (bicyclic) bond motifs is 2. The fourth-order valence-corrected chi connectivity index (χ4v) is 4.06. The summed E-state index contributed by atoms with van der Waals surface area (Å²) >= 11 is 0. The van der Waals surface area contributed by atoms with Crippen LogP contribution in [0.4, 0.5) is 0 Å². The first kappa shape index (κ1) is 17.5. The van der Waals surface area contributed by atoms with Crippen molar-refractivity contribution in [1.29, 1.82) is 0 Å². The number of aromatic amines is 2. The fraction of sp³-hybridized carbons (Fsp3) is 0.130. The van der Waals surface area contributed by atoms with Gasteiger partial charge in [0.1, 0.15) is 0 Å². The second-order valence-electron chi connectivity index (χ2n) is 7.08. The third-order valence-corrected chi connectivity index (χ3v) is 5.43. The Morgan fingerprint density at radius 2 is 1.24 bits per heavy atom. The van der Waals surface area contributed by atoms with Crippen LogP contribution in [-0.2, 0) is 9.59 Å². The molecule has 0 aliphatic carbocycles. The molecule has 29 heavy (non-hydrogen) atoms. The Morgan fingerprint density at radius 3 is 1.72 bits per heavy atom. The Bertz CT molecular complexity index is 1200. The molecule has 3 N–H and O–H groups in total. The van der Waals surface area contributed by atoms with Gasteiger partial charge in [-0.1, -0.05) is 36.4 Å². The number of aromatic nitrogens is 2. The van der Waals surface area contributed by atoms with E-state index in [0.717, 1.165) is 21.8 Å². The molecular weight excluding hydrogens is 366 g/mol. The topological polar surface area (TPSA) is 89.2 Å². The van der Waals surface area contributed by atoms with Crippen molar-refractivity contribution in [1.82, 2.24) is 14.9 Å². The predicted molar refractivity (Wildman–Crippen MR) is 112 cm³/mol. The lowest BCUT2D eigenvalue weighted by molar-refractivity contribution is -0.136. The second-order valence-corrected chi connectivity index (χ2v) is 7.08. The SMILES string of the molecule is O=C1C(c2c[nH]c3ccccc23)=C(c2c[nH]c3ccccc23)C(=O)N1CCCO. The highest BCUT2D eigenvalue weighted by Crippen LogP contribution is 2.40. The van der Waals surface area contributed by atoms with Gasteiger partial charge >= 0.3 is 0 Å². The number of nitrogens with zero attached hydrogens (tertiary/aromatic N) is 1. The van der Waals surface area contributed by atoms with Gasteiger partial charge < -0.3 is 15.1 Å². The van der Waals surface area contributed by atoms with E-state index in [1.165, 1.54) is 4.90 Å². The molecular formula is C23H19N3O3. The van der Waals surface area contributed by atoms with E-state index >= 15 is 0 Å². The highest BCUT2D eigenvalue weighted by atomic mass is 16.3. The van der Waals surface area contributed by atoms with Gasteiger partial charge in [0.15, 0.2) is 0 Å². The smallest absolute Gasteiger partial charge is 0.262 e. The van der Waals surface area contributed by atoms with Gasteiger partial charge in [0.2, 0.25) is 0 Å². The molecule has 0 saturated heterocycles. The van der Waals surface area contributed by atoms with Gasteiger partial charge in [-0.15, -0.1) is 0 Å². The first-order valence-electron chi connectivity index (χ1n) is 9.55. The fourth-order valence-electron chi connectivity index (χ4n) is 4.06. The van der Waals surface area contributed by atoms with Crippen LogP contribution in [0, 0.1) is 0 Å². The molecule has 144 valence electrons. The van der Waals surface area contributed by atoms with Gasteiger partial charge in [-0.05, 0) is 18.6 Å². The lowest BCUT2D eigenvalue weighted by Gasteiger charge is -2.14. The molecule has 6 heteroatoms.